The zero-order valence-electron chi connectivity index (χ0n) is 14.0. The minimum atomic E-state index is -0.113. The van der Waals surface area contributed by atoms with Gasteiger partial charge >= 0.3 is 0 Å². The Kier molecular flexibility index (Phi) is 5.81. The normalized spacial score (nSPS) is 15.5. The Bertz CT molecular complexity index is 882. The highest BCUT2D eigenvalue weighted by Gasteiger charge is 2.28. The van der Waals surface area contributed by atoms with Gasteiger partial charge in [-0.15, -0.1) is 0 Å². The van der Waals surface area contributed by atoms with Crippen molar-refractivity contribution in [1.82, 2.24) is 10.2 Å². The second-order valence-electron chi connectivity index (χ2n) is 5.64. The molecule has 1 amide bonds. The van der Waals surface area contributed by atoms with Gasteiger partial charge in [0.25, 0.3) is 5.91 Å². The molecule has 0 spiro atoms. The van der Waals surface area contributed by atoms with E-state index in [9.17, 15) is 4.79 Å². The van der Waals surface area contributed by atoms with Gasteiger partial charge in [-0.1, -0.05) is 41.4 Å². The summed E-state index contributed by atoms with van der Waals surface area (Å²) in [7, 11) is 0. The molecule has 1 aliphatic rings. The molecule has 3 rings (SSSR count). The van der Waals surface area contributed by atoms with Gasteiger partial charge in [-0.3, -0.25) is 9.69 Å². The summed E-state index contributed by atoms with van der Waals surface area (Å²) in [6.07, 6.45) is 1.77. The predicted molar refractivity (Wildman–Crippen MR) is 108 cm³/mol. The molecule has 1 fully saturated rings. The van der Waals surface area contributed by atoms with Crippen LogP contribution in [0.25, 0.3) is 6.08 Å². The first kappa shape index (κ1) is 18.7. The first-order chi connectivity index (χ1) is 12.5. The number of thiocarbonyl (C=S) groups is 1. The first-order valence-corrected chi connectivity index (χ1v) is 9.15. The average Bonchev–Trinajstić information content (AvgIpc) is 2.90. The summed E-state index contributed by atoms with van der Waals surface area (Å²) < 4.78 is 5.75. The van der Waals surface area contributed by atoms with Gasteiger partial charge in [0, 0.05) is 6.54 Å². The van der Waals surface area contributed by atoms with Gasteiger partial charge in [0.1, 0.15) is 18.1 Å². The van der Waals surface area contributed by atoms with Crippen LogP contribution >= 0.6 is 35.4 Å². The third-order valence-electron chi connectivity index (χ3n) is 3.86. The number of ether oxygens (including phenoxy) is 1. The second-order valence-corrected chi connectivity index (χ2v) is 6.84. The summed E-state index contributed by atoms with van der Waals surface area (Å²) in [6, 6.07) is 12.8. The van der Waals surface area contributed by atoms with E-state index in [2.05, 4.69) is 5.32 Å². The van der Waals surface area contributed by atoms with Crippen LogP contribution in [0.4, 0.5) is 0 Å². The summed E-state index contributed by atoms with van der Waals surface area (Å²) in [6.45, 7) is 2.81. The van der Waals surface area contributed by atoms with Crippen molar-refractivity contribution < 1.29 is 9.53 Å². The molecule has 1 N–H and O–H groups in total. The number of halogens is 2. The molecule has 1 saturated heterocycles. The van der Waals surface area contributed by atoms with E-state index in [4.69, 9.17) is 40.2 Å². The molecule has 7 heteroatoms. The first-order valence-electron chi connectivity index (χ1n) is 7.99. The van der Waals surface area contributed by atoms with Crippen LogP contribution in [-0.4, -0.2) is 22.5 Å². The van der Waals surface area contributed by atoms with Crippen LogP contribution < -0.4 is 10.1 Å². The van der Waals surface area contributed by atoms with Crippen LogP contribution in [0.3, 0.4) is 0 Å². The fourth-order valence-corrected chi connectivity index (χ4v) is 3.12. The molecule has 0 atom stereocenters. The molecular weight excluding hydrogens is 391 g/mol. The number of rotatable bonds is 5. The summed E-state index contributed by atoms with van der Waals surface area (Å²) >= 11 is 17.0. The van der Waals surface area contributed by atoms with Crippen LogP contribution in [0.5, 0.6) is 5.75 Å². The van der Waals surface area contributed by atoms with Crippen molar-refractivity contribution in [2.24, 2.45) is 0 Å². The molecule has 26 heavy (non-hydrogen) atoms. The second kappa shape index (κ2) is 8.08. The summed E-state index contributed by atoms with van der Waals surface area (Å²) in [5.41, 5.74) is 2.28. The smallest absolute Gasteiger partial charge is 0.276 e. The van der Waals surface area contributed by atoms with Crippen molar-refractivity contribution in [3.8, 4) is 5.75 Å². The minimum Gasteiger partial charge on any atom is -0.489 e. The van der Waals surface area contributed by atoms with E-state index in [-0.39, 0.29) is 5.91 Å². The number of likely N-dealkylation sites (N-methyl/N-ethyl adjacent to an activating group) is 1. The van der Waals surface area contributed by atoms with E-state index < -0.39 is 0 Å². The summed E-state index contributed by atoms with van der Waals surface area (Å²) in [4.78, 5) is 13.7. The van der Waals surface area contributed by atoms with Crippen molar-refractivity contribution in [2.45, 2.75) is 13.5 Å². The largest absolute Gasteiger partial charge is 0.489 e. The topological polar surface area (TPSA) is 41.6 Å². The van der Waals surface area contributed by atoms with Crippen LogP contribution in [-0.2, 0) is 11.4 Å². The van der Waals surface area contributed by atoms with Crippen LogP contribution in [0.15, 0.2) is 48.2 Å². The highest BCUT2D eigenvalue weighted by Crippen LogP contribution is 2.24. The lowest BCUT2D eigenvalue weighted by Crippen LogP contribution is -2.30. The van der Waals surface area contributed by atoms with E-state index in [0.29, 0.717) is 34.0 Å². The molecule has 1 aliphatic heterocycles. The van der Waals surface area contributed by atoms with Crippen LogP contribution in [0, 0.1) is 0 Å². The summed E-state index contributed by atoms with van der Waals surface area (Å²) in [5.74, 6) is 0.604. The Balaban J connectivity index is 1.65. The molecule has 0 radical (unpaired) electrons. The average molecular weight is 407 g/mol. The van der Waals surface area contributed by atoms with E-state index in [1.165, 1.54) is 4.90 Å². The Hall–Kier alpha value is -2.08. The zero-order valence-corrected chi connectivity index (χ0v) is 16.3. The van der Waals surface area contributed by atoms with Crippen molar-refractivity contribution in [3.05, 3.63) is 69.3 Å². The number of carbonyl (C=O) groups is 1. The zero-order chi connectivity index (χ0) is 18.7. The van der Waals surface area contributed by atoms with Crippen molar-refractivity contribution in [2.75, 3.05) is 6.54 Å². The molecule has 0 aromatic heterocycles. The number of amides is 1. The predicted octanol–water partition coefficient (Wildman–Crippen LogP) is 4.65. The Morgan fingerprint density at radius 3 is 2.50 bits per heavy atom. The number of hydrogen-bond donors (Lipinski definition) is 1. The van der Waals surface area contributed by atoms with Crippen LogP contribution in [0.2, 0.25) is 10.0 Å². The molecule has 0 bridgehead atoms. The number of hydrogen-bond acceptors (Lipinski definition) is 3. The molecule has 0 aliphatic carbocycles. The molecule has 0 saturated carbocycles. The molecule has 2 aromatic rings. The number of nitrogens with one attached hydrogen (secondary N) is 1. The Morgan fingerprint density at radius 2 is 1.88 bits per heavy atom. The molecule has 2 aromatic carbocycles. The van der Waals surface area contributed by atoms with Gasteiger partial charge in [-0.05, 0) is 60.6 Å². The molecule has 0 unspecified atom stereocenters. The van der Waals surface area contributed by atoms with Gasteiger partial charge in [0.05, 0.1) is 10.0 Å². The molecule has 1 heterocycles. The van der Waals surface area contributed by atoms with Gasteiger partial charge in [0.2, 0.25) is 0 Å². The Morgan fingerprint density at radius 1 is 1.15 bits per heavy atom. The van der Waals surface area contributed by atoms with Gasteiger partial charge < -0.3 is 10.1 Å². The lowest BCUT2D eigenvalue weighted by Gasteiger charge is -2.09. The van der Waals surface area contributed by atoms with Crippen molar-refractivity contribution >= 4 is 52.5 Å². The maximum absolute atomic E-state index is 12.2. The molecular formula is C19H16Cl2N2O2S. The van der Waals surface area contributed by atoms with Gasteiger partial charge in [-0.2, -0.15) is 0 Å². The number of nitrogens with zero attached hydrogens (tertiary/aromatic N) is 1. The van der Waals surface area contributed by atoms with Gasteiger partial charge in [-0.25, -0.2) is 0 Å². The highest BCUT2D eigenvalue weighted by atomic mass is 35.5. The number of benzene rings is 2. The standard InChI is InChI=1S/C19H16Cl2N2O2S/c1-2-23-18(24)17(22-19(23)26)10-12-3-6-14(7-4-12)25-11-13-5-8-15(20)16(21)9-13/h3-10H,2,11H2,1H3,(H,22,26)/b17-10+. The lowest BCUT2D eigenvalue weighted by molar-refractivity contribution is -0.122. The van der Waals surface area contributed by atoms with E-state index in [0.717, 1.165) is 16.9 Å². The van der Waals surface area contributed by atoms with Crippen molar-refractivity contribution in [1.29, 1.82) is 0 Å². The lowest BCUT2D eigenvalue weighted by atomic mass is 10.2. The quantitative estimate of drug-likeness (QED) is 0.579. The van der Waals surface area contributed by atoms with Crippen molar-refractivity contribution in [3.63, 3.8) is 0 Å². The maximum atomic E-state index is 12.2. The molecule has 134 valence electrons. The maximum Gasteiger partial charge on any atom is 0.276 e. The van der Waals surface area contributed by atoms with Gasteiger partial charge in [0.15, 0.2) is 5.11 Å². The van der Waals surface area contributed by atoms with E-state index in [1.807, 2.05) is 37.3 Å². The third-order valence-corrected chi connectivity index (χ3v) is 4.92. The molecule has 4 nitrogen and oxygen atoms in total. The minimum absolute atomic E-state index is 0.113. The third kappa shape index (κ3) is 4.18. The summed E-state index contributed by atoms with van der Waals surface area (Å²) in [5, 5.41) is 4.39. The fourth-order valence-electron chi connectivity index (χ4n) is 2.48. The van der Waals surface area contributed by atoms with E-state index in [1.54, 1.807) is 18.2 Å². The van der Waals surface area contributed by atoms with E-state index >= 15 is 0 Å². The number of carbonyl (C=O) groups excluding carboxylic acids is 1. The highest BCUT2D eigenvalue weighted by molar-refractivity contribution is 7.80. The fraction of sp³-hybridized carbons (Fsp3) is 0.158. The van der Waals surface area contributed by atoms with Crippen LogP contribution in [0.1, 0.15) is 18.1 Å². The monoisotopic (exact) mass is 406 g/mol. The Labute approximate surface area is 167 Å². The SMILES string of the molecule is CCN1C(=O)/C(=C\c2ccc(OCc3ccc(Cl)c(Cl)c3)cc2)NC1=S.